The van der Waals surface area contributed by atoms with Crippen LogP contribution in [0.3, 0.4) is 0 Å². The van der Waals surface area contributed by atoms with E-state index in [1.165, 1.54) is 31.2 Å². The SMILES string of the molecule is C=C(C)C(=O)Oc1ccc(C2CCC(C)CC2)cc1. The smallest absolute Gasteiger partial charge is 0.338 e. The van der Waals surface area contributed by atoms with Crippen molar-refractivity contribution in [1.29, 1.82) is 0 Å². The van der Waals surface area contributed by atoms with Crippen molar-refractivity contribution in [2.75, 3.05) is 0 Å². The largest absolute Gasteiger partial charge is 0.423 e. The summed E-state index contributed by atoms with van der Waals surface area (Å²) in [5.74, 6) is 1.77. The van der Waals surface area contributed by atoms with Gasteiger partial charge in [-0.25, -0.2) is 4.79 Å². The highest BCUT2D eigenvalue weighted by Gasteiger charge is 2.19. The molecule has 0 radical (unpaired) electrons. The van der Waals surface area contributed by atoms with E-state index >= 15 is 0 Å². The van der Waals surface area contributed by atoms with Crippen molar-refractivity contribution in [3.8, 4) is 5.75 Å². The van der Waals surface area contributed by atoms with Crippen molar-refractivity contribution < 1.29 is 9.53 Å². The van der Waals surface area contributed by atoms with Gasteiger partial charge in [0.2, 0.25) is 0 Å². The average Bonchev–Trinajstić information content (AvgIpc) is 2.40. The van der Waals surface area contributed by atoms with Crippen LogP contribution in [0.25, 0.3) is 0 Å². The normalized spacial score (nSPS) is 22.8. The predicted molar refractivity (Wildman–Crippen MR) is 77.3 cm³/mol. The summed E-state index contributed by atoms with van der Waals surface area (Å²) in [4.78, 5) is 11.4. The van der Waals surface area contributed by atoms with Gasteiger partial charge in [0, 0.05) is 5.57 Å². The zero-order valence-corrected chi connectivity index (χ0v) is 11.8. The van der Waals surface area contributed by atoms with E-state index in [9.17, 15) is 4.79 Å². The van der Waals surface area contributed by atoms with Gasteiger partial charge in [0.05, 0.1) is 0 Å². The van der Waals surface area contributed by atoms with E-state index in [0.717, 1.165) is 5.92 Å². The van der Waals surface area contributed by atoms with Crippen LogP contribution in [0.15, 0.2) is 36.4 Å². The maximum Gasteiger partial charge on any atom is 0.338 e. The Balaban J connectivity index is 1.98. The van der Waals surface area contributed by atoms with Crippen molar-refractivity contribution in [2.45, 2.75) is 45.4 Å². The molecule has 0 saturated heterocycles. The number of carbonyl (C=O) groups is 1. The molecule has 1 fully saturated rings. The summed E-state index contributed by atoms with van der Waals surface area (Å²) in [5, 5.41) is 0. The fourth-order valence-electron chi connectivity index (χ4n) is 2.60. The Morgan fingerprint density at radius 2 is 1.74 bits per heavy atom. The molecule has 1 aromatic rings. The Labute approximate surface area is 115 Å². The van der Waals surface area contributed by atoms with E-state index in [-0.39, 0.29) is 5.97 Å². The monoisotopic (exact) mass is 258 g/mol. The van der Waals surface area contributed by atoms with Crippen LogP contribution >= 0.6 is 0 Å². The van der Waals surface area contributed by atoms with Gasteiger partial charge >= 0.3 is 5.97 Å². The lowest BCUT2D eigenvalue weighted by molar-refractivity contribution is -0.130. The van der Waals surface area contributed by atoms with Gasteiger partial charge in [0.1, 0.15) is 5.75 Å². The van der Waals surface area contributed by atoms with Crippen molar-refractivity contribution in [1.82, 2.24) is 0 Å². The zero-order valence-electron chi connectivity index (χ0n) is 11.8. The maximum absolute atomic E-state index is 11.4. The van der Waals surface area contributed by atoms with Crippen LogP contribution in [0.5, 0.6) is 5.75 Å². The summed E-state index contributed by atoms with van der Waals surface area (Å²) in [6.45, 7) is 7.56. The topological polar surface area (TPSA) is 26.3 Å². The van der Waals surface area contributed by atoms with Gasteiger partial charge in [0.15, 0.2) is 0 Å². The van der Waals surface area contributed by atoms with E-state index in [2.05, 4.69) is 25.6 Å². The highest BCUT2D eigenvalue weighted by Crippen LogP contribution is 2.35. The lowest BCUT2D eigenvalue weighted by Crippen LogP contribution is -2.11. The van der Waals surface area contributed by atoms with Crippen LogP contribution in [-0.4, -0.2) is 5.97 Å². The Hall–Kier alpha value is -1.57. The molecule has 0 bridgehead atoms. The first-order valence-corrected chi connectivity index (χ1v) is 7.04. The van der Waals surface area contributed by atoms with Crippen LogP contribution in [0.2, 0.25) is 0 Å². The first kappa shape index (κ1) is 13.9. The van der Waals surface area contributed by atoms with E-state index < -0.39 is 0 Å². The highest BCUT2D eigenvalue weighted by molar-refractivity contribution is 5.88. The van der Waals surface area contributed by atoms with Crippen LogP contribution in [0.4, 0.5) is 0 Å². The quantitative estimate of drug-likeness (QED) is 0.454. The van der Waals surface area contributed by atoms with E-state index in [1.807, 2.05) is 12.1 Å². The Kier molecular flexibility index (Phi) is 4.41. The van der Waals surface area contributed by atoms with Crippen molar-refractivity contribution in [3.05, 3.63) is 42.0 Å². The molecule has 0 N–H and O–H groups in total. The molecule has 2 rings (SSSR count). The van der Waals surface area contributed by atoms with E-state index in [1.54, 1.807) is 6.92 Å². The molecule has 0 aromatic heterocycles. The highest BCUT2D eigenvalue weighted by atomic mass is 16.5. The molecule has 102 valence electrons. The molecule has 0 spiro atoms. The molecule has 1 aliphatic rings. The summed E-state index contributed by atoms with van der Waals surface area (Å²) in [6.07, 6.45) is 5.17. The molecule has 0 atom stereocenters. The number of benzene rings is 1. The lowest BCUT2D eigenvalue weighted by Gasteiger charge is -2.26. The third kappa shape index (κ3) is 3.69. The fraction of sp³-hybridized carbons (Fsp3) is 0.471. The van der Waals surface area contributed by atoms with Gasteiger partial charge in [-0.05, 0) is 49.3 Å². The number of esters is 1. The van der Waals surface area contributed by atoms with Gasteiger partial charge in [-0.1, -0.05) is 38.5 Å². The molecule has 0 amide bonds. The van der Waals surface area contributed by atoms with E-state index in [4.69, 9.17) is 4.74 Å². The number of hydrogen-bond donors (Lipinski definition) is 0. The van der Waals surface area contributed by atoms with Gasteiger partial charge in [0.25, 0.3) is 0 Å². The van der Waals surface area contributed by atoms with Crippen molar-refractivity contribution >= 4 is 5.97 Å². The third-order valence-corrected chi connectivity index (χ3v) is 3.93. The maximum atomic E-state index is 11.4. The predicted octanol–water partition coefficient (Wildman–Crippen LogP) is 4.46. The fourth-order valence-corrected chi connectivity index (χ4v) is 2.60. The van der Waals surface area contributed by atoms with Gasteiger partial charge in [-0.2, -0.15) is 0 Å². The number of carbonyl (C=O) groups excluding carboxylic acids is 1. The molecule has 1 aliphatic carbocycles. The molecule has 19 heavy (non-hydrogen) atoms. The minimum absolute atomic E-state index is 0.362. The second kappa shape index (κ2) is 6.05. The molecular weight excluding hydrogens is 236 g/mol. The summed E-state index contributed by atoms with van der Waals surface area (Å²) < 4.78 is 5.20. The van der Waals surface area contributed by atoms with Gasteiger partial charge in [-0.15, -0.1) is 0 Å². The molecule has 2 heteroatoms. The Morgan fingerprint density at radius 3 is 2.26 bits per heavy atom. The molecule has 0 unspecified atom stereocenters. The van der Waals surface area contributed by atoms with Crippen molar-refractivity contribution in [2.24, 2.45) is 5.92 Å². The first-order chi connectivity index (χ1) is 9.06. The van der Waals surface area contributed by atoms with Crippen molar-refractivity contribution in [3.63, 3.8) is 0 Å². The molecule has 0 aliphatic heterocycles. The summed E-state index contributed by atoms with van der Waals surface area (Å²) in [6, 6.07) is 7.94. The zero-order chi connectivity index (χ0) is 13.8. The second-order valence-electron chi connectivity index (χ2n) is 5.70. The molecule has 2 nitrogen and oxygen atoms in total. The lowest BCUT2D eigenvalue weighted by atomic mass is 9.79. The van der Waals surface area contributed by atoms with Crippen LogP contribution < -0.4 is 4.74 Å². The molecule has 0 heterocycles. The summed E-state index contributed by atoms with van der Waals surface area (Å²) >= 11 is 0. The van der Waals surface area contributed by atoms with Crippen LogP contribution in [-0.2, 0) is 4.79 Å². The Bertz CT molecular complexity index is 451. The van der Waals surface area contributed by atoms with Gasteiger partial charge < -0.3 is 4.74 Å². The molecule has 1 saturated carbocycles. The summed E-state index contributed by atoms with van der Waals surface area (Å²) in [7, 11) is 0. The number of hydrogen-bond acceptors (Lipinski definition) is 2. The first-order valence-electron chi connectivity index (χ1n) is 7.04. The average molecular weight is 258 g/mol. The second-order valence-corrected chi connectivity index (χ2v) is 5.70. The Morgan fingerprint density at radius 1 is 1.16 bits per heavy atom. The number of ether oxygens (including phenoxy) is 1. The van der Waals surface area contributed by atoms with Crippen LogP contribution in [0.1, 0.15) is 51.0 Å². The van der Waals surface area contributed by atoms with Gasteiger partial charge in [-0.3, -0.25) is 0 Å². The third-order valence-electron chi connectivity index (χ3n) is 3.93. The molecular formula is C17H22O2. The van der Waals surface area contributed by atoms with E-state index in [0.29, 0.717) is 17.2 Å². The minimum atomic E-state index is -0.362. The molecule has 1 aromatic carbocycles. The van der Waals surface area contributed by atoms with Crippen LogP contribution in [0, 0.1) is 5.92 Å². The minimum Gasteiger partial charge on any atom is -0.423 e. The summed E-state index contributed by atoms with van der Waals surface area (Å²) in [5.41, 5.74) is 1.78. The standard InChI is InChI=1S/C17H22O2/c1-12(2)17(18)19-16-10-8-15(9-11-16)14-6-4-13(3)5-7-14/h8-11,13-14H,1,4-7H2,2-3H3. The number of rotatable bonds is 3.